The Balaban J connectivity index is 2.27. The minimum Gasteiger partial charge on any atom is -0.385 e. The molecule has 1 saturated heterocycles. The molecule has 0 saturated carbocycles. The number of likely N-dealkylation sites (tertiary alicyclic amines) is 1. The lowest BCUT2D eigenvalue weighted by molar-refractivity contribution is 0.0147. The standard InChI is InChI=1S/C12H24N2O2S/c1-10-5-7-14(9-11(10)16-3)12(17)13-6-4-8-15-2/h10-11H,4-9H2,1-3H3,(H,13,17). The molecule has 1 aliphatic heterocycles. The molecule has 1 fully saturated rings. The zero-order valence-corrected chi connectivity index (χ0v) is 11.9. The molecule has 1 aliphatic rings. The van der Waals surface area contributed by atoms with Crippen LogP contribution in [-0.4, -0.2) is 56.6 Å². The second-order valence-corrected chi connectivity index (χ2v) is 4.95. The summed E-state index contributed by atoms with van der Waals surface area (Å²) < 4.78 is 10.5. The minimum absolute atomic E-state index is 0.294. The molecule has 0 aliphatic carbocycles. The molecule has 1 N–H and O–H groups in total. The van der Waals surface area contributed by atoms with E-state index >= 15 is 0 Å². The van der Waals surface area contributed by atoms with E-state index in [1.54, 1.807) is 14.2 Å². The Morgan fingerprint density at radius 3 is 2.88 bits per heavy atom. The maximum Gasteiger partial charge on any atom is 0.169 e. The largest absolute Gasteiger partial charge is 0.385 e. The normalized spacial score (nSPS) is 24.8. The summed E-state index contributed by atoms with van der Waals surface area (Å²) in [5.41, 5.74) is 0. The van der Waals surface area contributed by atoms with E-state index in [4.69, 9.17) is 21.7 Å². The highest BCUT2D eigenvalue weighted by Gasteiger charge is 2.26. The molecular formula is C12H24N2O2S. The van der Waals surface area contributed by atoms with Crippen LogP contribution in [0.1, 0.15) is 19.8 Å². The quantitative estimate of drug-likeness (QED) is 0.594. The van der Waals surface area contributed by atoms with E-state index in [0.29, 0.717) is 12.0 Å². The van der Waals surface area contributed by atoms with Crippen molar-refractivity contribution < 1.29 is 9.47 Å². The molecule has 0 bridgehead atoms. The van der Waals surface area contributed by atoms with Gasteiger partial charge >= 0.3 is 0 Å². The molecule has 0 amide bonds. The van der Waals surface area contributed by atoms with Gasteiger partial charge in [0.05, 0.1) is 6.10 Å². The van der Waals surface area contributed by atoms with Gasteiger partial charge in [-0.15, -0.1) is 0 Å². The number of rotatable bonds is 5. The van der Waals surface area contributed by atoms with Gasteiger partial charge in [-0.25, -0.2) is 0 Å². The third-order valence-electron chi connectivity index (χ3n) is 3.28. The van der Waals surface area contributed by atoms with Crippen LogP contribution < -0.4 is 5.32 Å². The van der Waals surface area contributed by atoms with Crippen molar-refractivity contribution >= 4 is 17.3 Å². The molecule has 1 heterocycles. The third kappa shape index (κ3) is 4.77. The van der Waals surface area contributed by atoms with Gasteiger partial charge in [0.2, 0.25) is 0 Å². The number of nitrogens with zero attached hydrogens (tertiary/aromatic N) is 1. The van der Waals surface area contributed by atoms with Crippen LogP contribution in [-0.2, 0) is 9.47 Å². The van der Waals surface area contributed by atoms with Crippen molar-refractivity contribution in [3.05, 3.63) is 0 Å². The highest BCUT2D eigenvalue weighted by atomic mass is 32.1. The fourth-order valence-corrected chi connectivity index (χ4v) is 2.32. The number of thiocarbonyl (C=S) groups is 1. The summed E-state index contributed by atoms with van der Waals surface area (Å²) in [7, 11) is 3.49. The summed E-state index contributed by atoms with van der Waals surface area (Å²) >= 11 is 5.38. The fourth-order valence-electron chi connectivity index (χ4n) is 2.05. The summed E-state index contributed by atoms with van der Waals surface area (Å²) in [6.45, 7) is 5.80. The Labute approximate surface area is 110 Å². The first-order chi connectivity index (χ1) is 8.19. The van der Waals surface area contributed by atoms with E-state index in [-0.39, 0.29) is 0 Å². The van der Waals surface area contributed by atoms with Gasteiger partial charge < -0.3 is 19.7 Å². The first kappa shape index (κ1) is 14.7. The van der Waals surface area contributed by atoms with Crippen LogP contribution >= 0.6 is 12.2 Å². The van der Waals surface area contributed by atoms with E-state index in [1.165, 1.54) is 0 Å². The maximum absolute atomic E-state index is 5.48. The van der Waals surface area contributed by atoms with Gasteiger partial charge in [0.15, 0.2) is 5.11 Å². The van der Waals surface area contributed by atoms with Crippen LogP contribution in [0.2, 0.25) is 0 Å². The van der Waals surface area contributed by atoms with Crippen LogP contribution in [0.5, 0.6) is 0 Å². The van der Waals surface area contributed by atoms with Crippen molar-refractivity contribution in [1.29, 1.82) is 0 Å². The number of piperidine rings is 1. The Hall–Kier alpha value is -0.390. The van der Waals surface area contributed by atoms with Crippen molar-refractivity contribution in [2.45, 2.75) is 25.9 Å². The van der Waals surface area contributed by atoms with Crippen LogP contribution in [0.4, 0.5) is 0 Å². The molecule has 100 valence electrons. The van der Waals surface area contributed by atoms with Gasteiger partial charge in [-0.3, -0.25) is 0 Å². The zero-order chi connectivity index (χ0) is 12.7. The van der Waals surface area contributed by atoms with Crippen LogP contribution in [0.3, 0.4) is 0 Å². The molecule has 0 aromatic carbocycles. The SMILES string of the molecule is COCCCNC(=S)N1CCC(C)C(OC)C1. The van der Waals surface area contributed by atoms with Crippen LogP contribution in [0, 0.1) is 5.92 Å². The molecular weight excluding hydrogens is 236 g/mol. The summed E-state index contributed by atoms with van der Waals surface area (Å²) in [6, 6.07) is 0. The van der Waals surface area contributed by atoms with Crippen molar-refractivity contribution in [3.8, 4) is 0 Å². The maximum atomic E-state index is 5.48. The predicted octanol–water partition coefficient (Wildman–Crippen LogP) is 1.25. The molecule has 0 radical (unpaired) electrons. The van der Waals surface area contributed by atoms with Crippen molar-refractivity contribution in [2.24, 2.45) is 5.92 Å². The Kier molecular flexibility index (Phi) is 6.77. The lowest BCUT2D eigenvalue weighted by atomic mass is 9.96. The van der Waals surface area contributed by atoms with Crippen LogP contribution in [0.25, 0.3) is 0 Å². The number of nitrogens with one attached hydrogen (secondary N) is 1. The van der Waals surface area contributed by atoms with Crippen molar-refractivity contribution in [3.63, 3.8) is 0 Å². The molecule has 0 aromatic heterocycles. The summed E-state index contributed by atoms with van der Waals surface area (Å²) in [5, 5.41) is 4.11. The first-order valence-corrected chi connectivity index (χ1v) is 6.64. The van der Waals surface area contributed by atoms with Gasteiger partial charge in [0.1, 0.15) is 0 Å². The minimum atomic E-state index is 0.294. The number of ether oxygens (including phenoxy) is 2. The first-order valence-electron chi connectivity index (χ1n) is 6.23. The van der Waals surface area contributed by atoms with Gasteiger partial charge in [-0.2, -0.15) is 0 Å². The molecule has 0 aromatic rings. The highest BCUT2D eigenvalue weighted by molar-refractivity contribution is 7.80. The second kappa shape index (κ2) is 7.84. The average molecular weight is 260 g/mol. The smallest absolute Gasteiger partial charge is 0.169 e. The van der Waals surface area contributed by atoms with E-state index in [1.807, 2.05) is 0 Å². The highest BCUT2D eigenvalue weighted by Crippen LogP contribution is 2.19. The number of hydrogen-bond acceptors (Lipinski definition) is 3. The molecule has 5 heteroatoms. The summed E-state index contributed by atoms with van der Waals surface area (Å²) in [4.78, 5) is 2.20. The van der Waals surface area contributed by atoms with Gasteiger partial charge in [0, 0.05) is 40.5 Å². The van der Waals surface area contributed by atoms with E-state index in [0.717, 1.165) is 44.2 Å². The number of methoxy groups -OCH3 is 2. The number of hydrogen-bond donors (Lipinski definition) is 1. The average Bonchev–Trinajstić information content (AvgIpc) is 2.35. The molecule has 17 heavy (non-hydrogen) atoms. The van der Waals surface area contributed by atoms with Gasteiger partial charge in [0.25, 0.3) is 0 Å². The lowest BCUT2D eigenvalue weighted by Crippen LogP contribution is -2.50. The molecule has 4 nitrogen and oxygen atoms in total. The molecule has 2 atom stereocenters. The summed E-state index contributed by atoms with van der Waals surface area (Å²) in [6.07, 6.45) is 2.41. The Bertz CT molecular complexity index is 239. The Morgan fingerprint density at radius 1 is 1.47 bits per heavy atom. The molecule has 1 rings (SSSR count). The van der Waals surface area contributed by atoms with Crippen molar-refractivity contribution in [1.82, 2.24) is 10.2 Å². The topological polar surface area (TPSA) is 33.7 Å². The van der Waals surface area contributed by atoms with Crippen LogP contribution in [0.15, 0.2) is 0 Å². The lowest BCUT2D eigenvalue weighted by Gasteiger charge is -2.37. The predicted molar refractivity (Wildman–Crippen MR) is 73.2 cm³/mol. The van der Waals surface area contributed by atoms with E-state index in [2.05, 4.69) is 17.1 Å². The monoisotopic (exact) mass is 260 g/mol. The van der Waals surface area contributed by atoms with Gasteiger partial charge in [-0.05, 0) is 31.0 Å². The van der Waals surface area contributed by atoms with E-state index in [9.17, 15) is 0 Å². The zero-order valence-electron chi connectivity index (χ0n) is 11.1. The van der Waals surface area contributed by atoms with E-state index < -0.39 is 0 Å². The summed E-state index contributed by atoms with van der Waals surface area (Å²) in [5.74, 6) is 0.618. The van der Waals surface area contributed by atoms with Gasteiger partial charge in [-0.1, -0.05) is 6.92 Å². The molecule has 0 spiro atoms. The van der Waals surface area contributed by atoms with Crippen molar-refractivity contribution in [2.75, 3.05) is 40.5 Å². The third-order valence-corrected chi connectivity index (χ3v) is 3.68. The second-order valence-electron chi connectivity index (χ2n) is 4.56. The fraction of sp³-hybridized carbons (Fsp3) is 0.917. The molecule has 2 unspecified atom stereocenters. The Morgan fingerprint density at radius 2 is 2.24 bits per heavy atom.